The van der Waals surface area contributed by atoms with Crippen LogP contribution in [0.2, 0.25) is 0 Å². The van der Waals surface area contributed by atoms with Crippen LogP contribution in [0.4, 0.5) is 14.5 Å². The van der Waals surface area contributed by atoms with E-state index in [2.05, 4.69) is 4.99 Å². The molecule has 4 rings (SSSR count). The zero-order valence-electron chi connectivity index (χ0n) is 17.6. The van der Waals surface area contributed by atoms with E-state index in [-0.39, 0.29) is 5.69 Å². The molecular formula is C23H20F2N2O4S. The number of ether oxygens (including phenoxy) is 3. The highest BCUT2D eigenvalue weighted by Crippen LogP contribution is 2.41. The smallest absolute Gasteiger partial charge is 0.203 e. The average molecular weight is 458 g/mol. The maximum atomic E-state index is 14.3. The van der Waals surface area contributed by atoms with Crippen molar-refractivity contribution in [3.05, 3.63) is 76.3 Å². The second-order valence-corrected chi connectivity index (χ2v) is 7.53. The number of rotatable bonds is 7. The van der Waals surface area contributed by atoms with Gasteiger partial charge in [-0.15, -0.1) is 11.3 Å². The summed E-state index contributed by atoms with van der Waals surface area (Å²) >= 11 is 1.32. The monoisotopic (exact) mass is 458 g/mol. The number of halogens is 2. The Bertz CT molecular complexity index is 1270. The zero-order valence-corrected chi connectivity index (χ0v) is 18.4. The molecule has 6 nitrogen and oxygen atoms in total. The minimum Gasteiger partial charge on any atom is -0.493 e. The molecule has 0 fully saturated rings. The third kappa shape index (κ3) is 4.24. The van der Waals surface area contributed by atoms with Crippen LogP contribution in [-0.4, -0.2) is 25.9 Å². The molecule has 4 aromatic rings. The Kier molecular flexibility index (Phi) is 6.27. The molecule has 0 unspecified atom stereocenters. The molecule has 0 spiro atoms. The summed E-state index contributed by atoms with van der Waals surface area (Å²) in [4.78, 5) is 4.95. The summed E-state index contributed by atoms with van der Waals surface area (Å²) < 4.78 is 51.3. The lowest BCUT2D eigenvalue weighted by Gasteiger charge is -2.15. The molecule has 0 saturated carbocycles. The van der Waals surface area contributed by atoms with Crippen molar-refractivity contribution in [2.45, 2.75) is 6.54 Å². The highest BCUT2D eigenvalue weighted by molar-refractivity contribution is 7.07. The van der Waals surface area contributed by atoms with Gasteiger partial charge in [0.2, 0.25) is 5.75 Å². The van der Waals surface area contributed by atoms with Gasteiger partial charge in [-0.25, -0.2) is 13.8 Å². The van der Waals surface area contributed by atoms with Gasteiger partial charge >= 0.3 is 0 Å². The first-order valence-electron chi connectivity index (χ1n) is 9.55. The van der Waals surface area contributed by atoms with Crippen molar-refractivity contribution in [3.63, 3.8) is 0 Å². The van der Waals surface area contributed by atoms with Crippen LogP contribution >= 0.6 is 11.3 Å². The lowest BCUT2D eigenvalue weighted by atomic mass is 10.1. The molecule has 166 valence electrons. The summed E-state index contributed by atoms with van der Waals surface area (Å²) in [6.45, 7) is 0.351. The van der Waals surface area contributed by atoms with Crippen LogP contribution in [0.3, 0.4) is 0 Å². The Hall–Kier alpha value is -3.59. The molecule has 2 heterocycles. The van der Waals surface area contributed by atoms with Crippen molar-refractivity contribution in [1.29, 1.82) is 0 Å². The topological polar surface area (TPSA) is 58.1 Å². The van der Waals surface area contributed by atoms with Crippen LogP contribution < -0.4 is 19.0 Å². The molecule has 2 aromatic carbocycles. The number of hydrogen-bond acceptors (Lipinski definition) is 6. The summed E-state index contributed by atoms with van der Waals surface area (Å²) in [5.74, 6) is 0.774. The SMILES string of the molecule is COc1cc(-c2csc(=Nc3ccc(F)cc3F)n2Cc2ccco2)cc(OC)c1OC. The van der Waals surface area contributed by atoms with Crippen molar-refractivity contribution >= 4 is 17.0 Å². The van der Waals surface area contributed by atoms with E-state index in [0.717, 1.165) is 17.3 Å². The van der Waals surface area contributed by atoms with Crippen LogP contribution in [0.5, 0.6) is 17.2 Å². The fourth-order valence-electron chi connectivity index (χ4n) is 3.26. The largest absolute Gasteiger partial charge is 0.493 e. The molecule has 0 aliphatic rings. The molecule has 9 heteroatoms. The number of nitrogens with zero attached hydrogens (tertiary/aromatic N) is 2. The predicted octanol–water partition coefficient (Wildman–Crippen LogP) is 5.39. The predicted molar refractivity (Wildman–Crippen MR) is 117 cm³/mol. The standard InChI is InChI=1S/C23H20F2N2O4S/c1-28-20-9-14(10-21(29-2)22(20)30-3)19-13-32-23(27(19)12-16-5-4-8-31-16)26-18-7-6-15(24)11-17(18)25/h4-11,13H,12H2,1-3H3. The van der Waals surface area contributed by atoms with Gasteiger partial charge in [0.1, 0.15) is 17.3 Å². The molecule has 2 aromatic heterocycles. The van der Waals surface area contributed by atoms with E-state index in [1.54, 1.807) is 26.5 Å². The van der Waals surface area contributed by atoms with E-state index < -0.39 is 11.6 Å². The van der Waals surface area contributed by atoms with Gasteiger partial charge in [-0.05, 0) is 36.4 Å². The minimum atomic E-state index is -0.739. The second-order valence-electron chi connectivity index (χ2n) is 6.69. The Morgan fingerprint density at radius 2 is 1.75 bits per heavy atom. The first kappa shape index (κ1) is 21.6. The first-order chi connectivity index (χ1) is 15.5. The minimum absolute atomic E-state index is 0.0397. The normalized spacial score (nSPS) is 11.6. The Morgan fingerprint density at radius 3 is 2.34 bits per heavy atom. The van der Waals surface area contributed by atoms with Gasteiger partial charge in [-0.1, -0.05) is 0 Å². The molecule has 0 saturated heterocycles. The van der Waals surface area contributed by atoms with Crippen molar-refractivity contribution in [1.82, 2.24) is 4.57 Å². The van der Waals surface area contributed by atoms with Gasteiger partial charge in [0.15, 0.2) is 22.1 Å². The number of hydrogen-bond donors (Lipinski definition) is 0. The van der Waals surface area contributed by atoms with Gasteiger partial charge in [-0.2, -0.15) is 0 Å². The molecule has 0 aliphatic carbocycles. The second kappa shape index (κ2) is 9.27. The van der Waals surface area contributed by atoms with E-state index >= 15 is 0 Å². The fraction of sp³-hybridized carbons (Fsp3) is 0.174. The van der Waals surface area contributed by atoms with Gasteiger partial charge in [0.25, 0.3) is 0 Å². The maximum absolute atomic E-state index is 14.3. The number of thiazole rings is 1. The van der Waals surface area contributed by atoms with Crippen LogP contribution in [0.25, 0.3) is 11.3 Å². The first-order valence-corrected chi connectivity index (χ1v) is 10.4. The van der Waals surface area contributed by atoms with Crippen molar-refractivity contribution in [2.24, 2.45) is 4.99 Å². The Balaban J connectivity index is 1.91. The van der Waals surface area contributed by atoms with E-state index in [0.29, 0.717) is 34.4 Å². The average Bonchev–Trinajstić information content (AvgIpc) is 3.45. The maximum Gasteiger partial charge on any atom is 0.203 e. The summed E-state index contributed by atoms with van der Waals surface area (Å²) in [6.07, 6.45) is 1.58. The Labute approximate surface area is 186 Å². The molecule has 0 aliphatic heterocycles. The van der Waals surface area contributed by atoms with Crippen LogP contribution in [0, 0.1) is 11.6 Å². The number of methoxy groups -OCH3 is 3. The van der Waals surface area contributed by atoms with Gasteiger partial charge < -0.3 is 23.2 Å². The number of aromatic nitrogens is 1. The van der Waals surface area contributed by atoms with Crippen LogP contribution in [0.15, 0.2) is 63.5 Å². The summed E-state index contributed by atoms with van der Waals surface area (Å²) in [5, 5.41) is 1.89. The van der Waals surface area contributed by atoms with E-state index in [9.17, 15) is 8.78 Å². The molecule has 0 N–H and O–H groups in total. The van der Waals surface area contributed by atoms with Crippen LogP contribution in [0.1, 0.15) is 5.76 Å². The molecule has 32 heavy (non-hydrogen) atoms. The lowest BCUT2D eigenvalue weighted by Crippen LogP contribution is -2.16. The van der Waals surface area contributed by atoms with Crippen molar-refractivity contribution in [2.75, 3.05) is 21.3 Å². The van der Waals surface area contributed by atoms with Crippen molar-refractivity contribution < 1.29 is 27.4 Å². The highest BCUT2D eigenvalue weighted by atomic mass is 32.1. The quantitative estimate of drug-likeness (QED) is 0.372. The van der Waals surface area contributed by atoms with Crippen LogP contribution in [-0.2, 0) is 6.54 Å². The molecular weight excluding hydrogens is 438 g/mol. The third-order valence-corrected chi connectivity index (χ3v) is 5.64. The van der Waals surface area contributed by atoms with Gasteiger partial charge in [0, 0.05) is 17.0 Å². The zero-order chi connectivity index (χ0) is 22.7. The summed E-state index contributed by atoms with van der Waals surface area (Å²) in [7, 11) is 4.63. The Morgan fingerprint density at radius 1 is 1.00 bits per heavy atom. The number of benzene rings is 2. The molecule has 0 bridgehead atoms. The summed E-state index contributed by atoms with van der Waals surface area (Å²) in [5.41, 5.74) is 1.60. The van der Waals surface area contributed by atoms with Crippen molar-refractivity contribution in [3.8, 4) is 28.5 Å². The molecule has 0 amide bonds. The molecule has 0 atom stereocenters. The van der Waals surface area contributed by atoms with E-state index in [1.165, 1.54) is 30.6 Å². The van der Waals surface area contributed by atoms with Gasteiger partial charge in [-0.3, -0.25) is 0 Å². The summed E-state index contributed by atoms with van der Waals surface area (Å²) in [6, 6.07) is 10.6. The lowest BCUT2D eigenvalue weighted by molar-refractivity contribution is 0.324. The fourth-order valence-corrected chi connectivity index (χ4v) is 4.19. The highest BCUT2D eigenvalue weighted by Gasteiger charge is 2.18. The number of furan rings is 1. The van der Waals surface area contributed by atoms with Gasteiger partial charge in [0.05, 0.1) is 39.8 Å². The van der Waals surface area contributed by atoms with E-state index in [4.69, 9.17) is 18.6 Å². The third-order valence-electron chi connectivity index (χ3n) is 4.78. The molecule has 0 radical (unpaired) electrons. The van der Waals surface area contributed by atoms with E-state index in [1.807, 2.05) is 28.1 Å².